The van der Waals surface area contributed by atoms with Crippen LogP contribution in [0.5, 0.6) is 0 Å². The van der Waals surface area contributed by atoms with Crippen LogP contribution in [0.2, 0.25) is 0 Å². The Labute approximate surface area is 92.6 Å². The highest BCUT2D eigenvalue weighted by atomic mass is 16.3. The molecule has 15 heavy (non-hydrogen) atoms. The molecule has 3 N–H and O–H groups in total. The van der Waals surface area contributed by atoms with Crippen molar-refractivity contribution < 1.29 is 5.11 Å². The maximum atomic E-state index is 9.13. The van der Waals surface area contributed by atoms with Crippen LogP contribution in [0.4, 0.5) is 0 Å². The highest BCUT2D eigenvalue weighted by molar-refractivity contribution is 4.88. The van der Waals surface area contributed by atoms with E-state index in [0.717, 1.165) is 19.0 Å². The van der Waals surface area contributed by atoms with E-state index in [9.17, 15) is 0 Å². The summed E-state index contributed by atoms with van der Waals surface area (Å²) in [6.07, 6.45) is 8.89. The monoisotopic (exact) mass is 212 g/mol. The molecule has 2 atom stereocenters. The van der Waals surface area contributed by atoms with Gasteiger partial charge in [-0.1, -0.05) is 12.8 Å². The molecule has 0 heterocycles. The third-order valence-electron chi connectivity index (χ3n) is 4.06. The van der Waals surface area contributed by atoms with Gasteiger partial charge in [0.05, 0.1) is 6.61 Å². The van der Waals surface area contributed by atoms with E-state index < -0.39 is 0 Å². The predicted octanol–water partition coefficient (Wildman–Crippen LogP) is 1.10. The van der Waals surface area contributed by atoms with Crippen molar-refractivity contribution in [3.05, 3.63) is 0 Å². The summed E-state index contributed by atoms with van der Waals surface area (Å²) < 4.78 is 0. The number of aliphatic hydroxyl groups is 1. The van der Waals surface area contributed by atoms with Gasteiger partial charge in [0.2, 0.25) is 0 Å². The largest absolute Gasteiger partial charge is 0.395 e. The summed E-state index contributed by atoms with van der Waals surface area (Å²) in [5.74, 6) is 0. The number of nitrogens with zero attached hydrogens (tertiary/aromatic N) is 1. The average Bonchev–Trinajstić information content (AvgIpc) is 2.14. The molecule has 2 fully saturated rings. The average molecular weight is 212 g/mol. The second kappa shape index (κ2) is 5.28. The van der Waals surface area contributed by atoms with Gasteiger partial charge in [0.25, 0.3) is 0 Å². The van der Waals surface area contributed by atoms with Gasteiger partial charge in [0.15, 0.2) is 0 Å². The van der Waals surface area contributed by atoms with Crippen LogP contribution in [-0.4, -0.2) is 41.3 Å². The van der Waals surface area contributed by atoms with Crippen molar-refractivity contribution in [2.24, 2.45) is 5.73 Å². The van der Waals surface area contributed by atoms with Crippen molar-refractivity contribution in [3.63, 3.8) is 0 Å². The van der Waals surface area contributed by atoms with Crippen molar-refractivity contribution in [3.8, 4) is 0 Å². The topological polar surface area (TPSA) is 49.5 Å². The Hall–Kier alpha value is -0.120. The standard InChI is InChI=1S/C12H24N2O/c13-10-3-1-6-12(9-10)14(7-8-15)11-4-2-5-11/h10-12,15H,1-9,13H2. The zero-order valence-electron chi connectivity index (χ0n) is 9.57. The first kappa shape index (κ1) is 11.4. The van der Waals surface area contributed by atoms with Gasteiger partial charge in [-0.15, -0.1) is 0 Å². The predicted molar refractivity (Wildman–Crippen MR) is 61.7 cm³/mol. The molecular formula is C12H24N2O. The zero-order valence-corrected chi connectivity index (χ0v) is 9.57. The molecule has 2 aliphatic rings. The van der Waals surface area contributed by atoms with Crippen molar-refractivity contribution in [2.45, 2.75) is 63.1 Å². The fourth-order valence-corrected chi connectivity index (χ4v) is 3.00. The molecule has 0 radical (unpaired) electrons. The van der Waals surface area contributed by atoms with Crippen LogP contribution < -0.4 is 5.73 Å². The minimum Gasteiger partial charge on any atom is -0.395 e. The molecule has 0 saturated heterocycles. The lowest BCUT2D eigenvalue weighted by atomic mass is 9.85. The molecule has 3 heteroatoms. The lowest BCUT2D eigenvalue weighted by Gasteiger charge is -2.44. The van der Waals surface area contributed by atoms with Crippen LogP contribution in [0, 0.1) is 0 Å². The van der Waals surface area contributed by atoms with Gasteiger partial charge in [-0.2, -0.15) is 0 Å². The van der Waals surface area contributed by atoms with Crippen molar-refractivity contribution in [1.82, 2.24) is 4.90 Å². The van der Waals surface area contributed by atoms with Crippen LogP contribution in [0.15, 0.2) is 0 Å². The molecule has 2 unspecified atom stereocenters. The quantitative estimate of drug-likeness (QED) is 0.734. The van der Waals surface area contributed by atoms with Crippen LogP contribution >= 0.6 is 0 Å². The second-order valence-electron chi connectivity index (χ2n) is 5.13. The van der Waals surface area contributed by atoms with Crippen LogP contribution in [-0.2, 0) is 0 Å². The summed E-state index contributed by atoms with van der Waals surface area (Å²) in [7, 11) is 0. The minimum absolute atomic E-state index is 0.294. The first-order valence-electron chi connectivity index (χ1n) is 6.43. The van der Waals surface area contributed by atoms with Crippen LogP contribution in [0.3, 0.4) is 0 Å². The van der Waals surface area contributed by atoms with Gasteiger partial charge >= 0.3 is 0 Å². The van der Waals surface area contributed by atoms with Gasteiger partial charge in [0, 0.05) is 24.7 Å². The first-order valence-corrected chi connectivity index (χ1v) is 6.43. The third kappa shape index (κ3) is 2.71. The summed E-state index contributed by atoms with van der Waals surface area (Å²) >= 11 is 0. The second-order valence-corrected chi connectivity index (χ2v) is 5.13. The Bertz CT molecular complexity index is 194. The molecule has 0 bridgehead atoms. The molecule has 2 rings (SSSR count). The lowest BCUT2D eigenvalue weighted by Crippen LogP contribution is -2.51. The van der Waals surface area contributed by atoms with E-state index in [4.69, 9.17) is 10.8 Å². The normalized spacial score (nSPS) is 33.0. The van der Waals surface area contributed by atoms with E-state index in [0.29, 0.717) is 18.7 Å². The van der Waals surface area contributed by atoms with Crippen LogP contribution in [0.1, 0.15) is 44.9 Å². The Morgan fingerprint density at radius 3 is 2.27 bits per heavy atom. The number of hydrogen-bond acceptors (Lipinski definition) is 3. The molecule has 3 nitrogen and oxygen atoms in total. The molecule has 2 saturated carbocycles. The van der Waals surface area contributed by atoms with E-state index in [1.54, 1.807) is 0 Å². The van der Waals surface area contributed by atoms with E-state index in [1.807, 2.05) is 0 Å². The summed E-state index contributed by atoms with van der Waals surface area (Å²) in [4.78, 5) is 2.53. The summed E-state index contributed by atoms with van der Waals surface area (Å²) in [5, 5.41) is 9.13. The van der Waals surface area contributed by atoms with E-state index in [-0.39, 0.29) is 0 Å². The van der Waals surface area contributed by atoms with Crippen LogP contribution in [0.25, 0.3) is 0 Å². The van der Waals surface area contributed by atoms with Crippen molar-refractivity contribution in [2.75, 3.05) is 13.2 Å². The summed E-state index contributed by atoms with van der Waals surface area (Å²) in [6, 6.07) is 1.78. The van der Waals surface area contributed by atoms with E-state index in [1.165, 1.54) is 38.5 Å². The van der Waals surface area contributed by atoms with Gasteiger partial charge in [-0.25, -0.2) is 0 Å². The maximum Gasteiger partial charge on any atom is 0.0558 e. The minimum atomic E-state index is 0.294. The highest BCUT2D eigenvalue weighted by Gasteiger charge is 2.32. The highest BCUT2D eigenvalue weighted by Crippen LogP contribution is 2.31. The molecular weight excluding hydrogens is 188 g/mol. The first-order chi connectivity index (χ1) is 7.31. The molecule has 88 valence electrons. The smallest absolute Gasteiger partial charge is 0.0558 e. The van der Waals surface area contributed by atoms with Crippen molar-refractivity contribution in [1.29, 1.82) is 0 Å². The summed E-state index contributed by atoms with van der Waals surface area (Å²) in [5.41, 5.74) is 6.03. The molecule has 0 aromatic carbocycles. The molecule has 0 aromatic rings. The zero-order chi connectivity index (χ0) is 10.7. The molecule has 2 aliphatic carbocycles. The van der Waals surface area contributed by atoms with Gasteiger partial charge in [-0.05, 0) is 32.1 Å². The lowest BCUT2D eigenvalue weighted by molar-refractivity contribution is 0.0404. The number of rotatable bonds is 4. The fourth-order valence-electron chi connectivity index (χ4n) is 3.00. The molecule has 0 aliphatic heterocycles. The van der Waals surface area contributed by atoms with Gasteiger partial charge in [-0.3, -0.25) is 4.90 Å². The van der Waals surface area contributed by atoms with E-state index >= 15 is 0 Å². The number of hydrogen-bond donors (Lipinski definition) is 2. The Kier molecular flexibility index (Phi) is 4.00. The van der Waals surface area contributed by atoms with Gasteiger partial charge in [0.1, 0.15) is 0 Å². The molecule has 0 aromatic heterocycles. The summed E-state index contributed by atoms with van der Waals surface area (Å²) in [6.45, 7) is 1.14. The van der Waals surface area contributed by atoms with Gasteiger partial charge < -0.3 is 10.8 Å². The number of aliphatic hydroxyl groups excluding tert-OH is 1. The van der Waals surface area contributed by atoms with Crippen molar-refractivity contribution >= 4 is 0 Å². The third-order valence-corrected chi connectivity index (χ3v) is 4.06. The fraction of sp³-hybridized carbons (Fsp3) is 1.00. The molecule has 0 spiro atoms. The Balaban J connectivity index is 1.90. The maximum absolute atomic E-state index is 9.13. The number of nitrogens with two attached hydrogens (primary N) is 1. The molecule has 0 amide bonds. The van der Waals surface area contributed by atoms with E-state index in [2.05, 4.69) is 4.90 Å². The SMILES string of the molecule is NC1CCCC(N(CCO)C2CCC2)C1. The Morgan fingerprint density at radius 2 is 1.73 bits per heavy atom. The Morgan fingerprint density at radius 1 is 1.07 bits per heavy atom.